The van der Waals surface area contributed by atoms with Crippen molar-refractivity contribution >= 4 is 23.2 Å². The summed E-state index contributed by atoms with van der Waals surface area (Å²) in [6.45, 7) is 4.09. The monoisotopic (exact) mass is 204 g/mol. The minimum absolute atomic E-state index is 0.369. The van der Waals surface area contributed by atoms with Gasteiger partial charge < -0.3 is 5.73 Å². The summed E-state index contributed by atoms with van der Waals surface area (Å²) in [5, 5.41) is 4.22. The Labute approximate surface area is 86.9 Å². The van der Waals surface area contributed by atoms with Crippen LogP contribution in [0.3, 0.4) is 0 Å². The number of fused-ring (bicyclic) bond motifs is 1. The van der Waals surface area contributed by atoms with Gasteiger partial charge in [0.25, 0.3) is 0 Å². The molecule has 0 spiro atoms. The van der Waals surface area contributed by atoms with Crippen LogP contribution in [0.2, 0.25) is 0 Å². The van der Waals surface area contributed by atoms with Gasteiger partial charge in [-0.3, -0.25) is 0 Å². The number of anilines is 1. The fourth-order valence-electron chi connectivity index (χ4n) is 1.16. The highest BCUT2D eigenvalue weighted by atomic mass is 15.4. The molecule has 2 rings (SSSR count). The fraction of sp³-hybridized carbons (Fsp3) is 0.333. The van der Waals surface area contributed by atoms with Gasteiger partial charge in [-0.1, -0.05) is 13.8 Å². The zero-order valence-corrected chi connectivity index (χ0v) is 8.62. The van der Waals surface area contributed by atoms with Gasteiger partial charge in [-0.2, -0.15) is 5.10 Å². The second-order valence-electron chi connectivity index (χ2n) is 3.53. The third-order valence-corrected chi connectivity index (χ3v) is 1.84. The minimum Gasteiger partial charge on any atom is -0.382 e. The first-order valence-electron chi connectivity index (χ1n) is 4.66. The van der Waals surface area contributed by atoms with Crippen LogP contribution in [-0.2, 0) is 0 Å². The van der Waals surface area contributed by atoms with E-state index in [0.29, 0.717) is 22.9 Å². The molecule has 0 aliphatic rings. The number of hydrogen-bond donors (Lipinski definition) is 1. The molecule has 0 saturated heterocycles. The molecular formula is C9H12N6. The number of aromatic nitrogens is 4. The van der Waals surface area contributed by atoms with Crippen LogP contribution in [0.5, 0.6) is 0 Å². The molecule has 2 N–H and O–H groups in total. The van der Waals surface area contributed by atoms with Crippen LogP contribution >= 0.6 is 0 Å². The number of nitrogen functional groups attached to an aromatic ring is 1. The minimum atomic E-state index is 0.369. The molecule has 6 nitrogen and oxygen atoms in total. The quantitative estimate of drug-likeness (QED) is 0.737. The Morgan fingerprint density at radius 3 is 2.93 bits per heavy atom. The summed E-state index contributed by atoms with van der Waals surface area (Å²) in [5.74, 6) is 0.756. The molecule has 2 aromatic heterocycles. The van der Waals surface area contributed by atoms with Gasteiger partial charge in [0.2, 0.25) is 0 Å². The van der Waals surface area contributed by atoms with E-state index in [9.17, 15) is 0 Å². The van der Waals surface area contributed by atoms with Crippen LogP contribution in [0.4, 0.5) is 5.82 Å². The van der Waals surface area contributed by atoms with E-state index < -0.39 is 0 Å². The van der Waals surface area contributed by atoms with Gasteiger partial charge in [0.1, 0.15) is 12.7 Å². The molecule has 0 amide bonds. The van der Waals surface area contributed by atoms with E-state index in [-0.39, 0.29) is 0 Å². The summed E-state index contributed by atoms with van der Waals surface area (Å²) < 4.78 is 1.59. The second kappa shape index (κ2) is 3.64. The molecule has 0 saturated carbocycles. The van der Waals surface area contributed by atoms with E-state index in [1.807, 2.05) is 20.1 Å². The Balaban J connectivity index is 2.53. The molecule has 2 aromatic rings. The molecule has 0 aromatic carbocycles. The Morgan fingerprint density at radius 1 is 1.40 bits per heavy atom. The number of imidazole rings is 1. The van der Waals surface area contributed by atoms with E-state index in [4.69, 9.17) is 5.73 Å². The van der Waals surface area contributed by atoms with Crippen LogP contribution in [-0.4, -0.2) is 25.8 Å². The van der Waals surface area contributed by atoms with Gasteiger partial charge in [0.05, 0.1) is 0 Å². The number of nitrogens with two attached hydrogens (primary N) is 1. The van der Waals surface area contributed by atoms with Gasteiger partial charge in [-0.05, 0) is 5.92 Å². The lowest BCUT2D eigenvalue weighted by atomic mass is 10.3. The maximum absolute atomic E-state index is 5.72. The van der Waals surface area contributed by atoms with E-state index in [0.717, 1.165) is 0 Å². The molecular weight excluding hydrogens is 192 g/mol. The molecule has 0 aliphatic heterocycles. The maximum Gasteiger partial charge on any atom is 0.185 e. The molecule has 0 atom stereocenters. The van der Waals surface area contributed by atoms with Crippen molar-refractivity contribution in [1.29, 1.82) is 0 Å². The number of hydrogen-bond acceptors (Lipinski definition) is 5. The van der Waals surface area contributed by atoms with Gasteiger partial charge >= 0.3 is 0 Å². The lowest BCUT2D eigenvalue weighted by Gasteiger charge is -1.98. The van der Waals surface area contributed by atoms with Gasteiger partial charge in [0, 0.05) is 6.21 Å². The van der Waals surface area contributed by atoms with Crippen molar-refractivity contribution in [2.24, 2.45) is 11.0 Å². The van der Waals surface area contributed by atoms with E-state index in [1.54, 1.807) is 11.0 Å². The molecule has 0 fully saturated rings. The van der Waals surface area contributed by atoms with Crippen LogP contribution in [0.25, 0.3) is 11.2 Å². The molecule has 15 heavy (non-hydrogen) atoms. The van der Waals surface area contributed by atoms with Crippen molar-refractivity contribution in [2.45, 2.75) is 13.8 Å². The molecule has 2 heterocycles. The average molecular weight is 204 g/mol. The first-order chi connectivity index (χ1) is 7.18. The topological polar surface area (TPSA) is 82.0 Å². The highest BCUT2D eigenvalue weighted by molar-refractivity contribution is 5.81. The SMILES string of the molecule is CC(C)/C=N/n1cnc2ncnc(N)c21. The van der Waals surface area contributed by atoms with Crippen LogP contribution < -0.4 is 5.73 Å². The largest absolute Gasteiger partial charge is 0.382 e. The van der Waals surface area contributed by atoms with Gasteiger partial charge in [-0.15, -0.1) is 0 Å². The molecule has 0 aliphatic carbocycles. The third-order valence-electron chi connectivity index (χ3n) is 1.84. The summed E-state index contributed by atoms with van der Waals surface area (Å²) in [6.07, 6.45) is 4.78. The zero-order valence-electron chi connectivity index (χ0n) is 8.62. The molecule has 0 radical (unpaired) electrons. The van der Waals surface area contributed by atoms with Gasteiger partial charge in [-0.25, -0.2) is 19.6 Å². The molecule has 0 unspecified atom stereocenters. The summed E-state index contributed by atoms with van der Waals surface area (Å²) in [7, 11) is 0. The first kappa shape index (κ1) is 9.57. The molecule has 6 heteroatoms. The predicted molar refractivity (Wildman–Crippen MR) is 58.5 cm³/mol. The lowest BCUT2D eigenvalue weighted by Crippen LogP contribution is -1.98. The summed E-state index contributed by atoms with van der Waals surface area (Å²) in [5.41, 5.74) is 6.93. The Bertz CT molecular complexity index is 498. The van der Waals surface area contributed by atoms with Crippen molar-refractivity contribution in [2.75, 3.05) is 5.73 Å². The smallest absolute Gasteiger partial charge is 0.185 e. The number of rotatable bonds is 2. The van der Waals surface area contributed by atoms with Crippen molar-refractivity contribution in [1.82, 2.24) is 19.6 Å². The van der Waals surface area contributed by atoms with Crippen molar-refractivity contribution in [3.63, 3.8) is 0 Å². The normalized spacial score (nSPS) is 11.9. The predicted octanol–water partition coefficient (Wildman–Crippen LogP) is 0.898. The highest BCUT2D eigenvalue weighted by Gasteiger charge is 2.06. The van der Waals surface area contributed by atoms with Crippen molar-refractivity contribution < 1.29 is 0 Å². The standard InChI is InChI=1S/C9H12N6/c1-6(2)3-14-15-5-13-9-7(15)8(10)11-4-12-9/h3-6H,1-2H3,(H2,10,11,12)/b14-3+. The summed E-state index contributed by atoms with van der Waals surface area (Å²) in [4.78, 5) is 12.0. The first-order valence-corrected chi connectivity index (χ1v) is 4.66. The van der Waals surface area contributed by atoms with Crippen molar-refractivity contribution in [3.8, 4) is 0 Å². The molecule has 78 valence electrons. The third kappa shape index (κ3) is 1.78. The summed E-state index contributed by atoms with van der Waals surface area (Å²) >= 11 is 0. The van der Waals surface area contributed by atoms with Crippen LogP contribution in [0.1, 0.15) is 13.8 Å². The molecule has 0 bridgehead atoms. The lowest BCUT2D eigenvalue weighted by molar-refractivity contribution is 0.851. The second-order valence-corrected chi connectivity index (χ2v) is 3.53. The van der Waals surface area contributed by atoms with E-state index >= 15 is 0 Å². The highest BCUT2D eigenvalue weighted by Crippen LogP contribution is 2.14. The van der Waals surface area contributed by atoms with Crippen molar-refractivity contribution in [3.05, 3.63) is 12.7 Å². The van der Waals surface area contributed by atoms with E-state index in [1.165, 1.54) is 6.33 Å². The fourth-order valence-corrected chi connectivity index (χ4v) is 1.16. The maximum atomic E-state index is 5.72. The average Bonchev–Trinajstić information content (AvgIpc) is 2.59. The van der Waals surface area contributed by atoms with Crippen LogP contribution in [0, 0.1) is 5.92 Å². The van der Waals surface area contributed by atoms with E-state index in [2.05, 4.69) is 20.1 Å². The Morgan fingerprint density at radius 2 is 2.20 bits per heavy atom. The summed E-state index contributed by atoms with van der Waals surface area (Å²) in [6, 6.07) is 0. The number of nitrogens with zero attached hydrogens (tertiary/aromatic N) is 5. The zero-order chi connectivity index (χ0) is 10.8. The van der Waals surface area contributed by atoms with Crippen LogP contribution in [0.15, 0.2) is 17.8 Å². The Kier molecular flexibility index (Phi) is 2.32. The van der Waals surface area contributed by atoms with Gasteiger partial charge in [0.15, 0.2) is 17.0 Å². The Hall–Kier alpha value is -1.98.